The van der Waals surface area contributed by atoms with Crippen LogP contribution in [0.5, 0.6) is 11.5 Å². The van der Waals surface area contributed by atoms with Crippen molar-refractivity contribution in [2.24, 2.45) is 0 Å². The number of benzene rings is 3. The summed E-state index contributed by atoms with van der Waals surface area (Å²) in [4.78, 5) is 16.8. The molecule has 204 valence electrons. The summed E-state index contributed by atoms with van der Waals surface area (Å²) in [5, 5.41) is 14.8. The van der Waals surface area contributed by atoms with Gasteiger partial charge in [0.15, 0.2) is 5.54 Å². The van der Waals surface area contributed by atoms with E-state index >= 15 is 0 Å². The normalized spacial score (nSPS) is 17.4. The molecule has 0 aliphatic carbocycles. The van der Waals surface area contributed by atoms with Gasteiger partial charge in [-0.15, -0.1) is 0 Å². The number of esters is 1. The summed E-state index contributed by atoms with van der Waals surface area (Å²) >= 11 is 0. The lowest BCUT2D eigenvalue weighted by Crippen LogP contribution is -2.89. The van der Waals surface area contributed by atoms with E-state index in [-0.39, 0.29) is 24.3 Å². The number of nitrogens with one attached hydrogen (secondary N) is 2. The Morgan fingerprint density at radius 2 is 1.68 bits per heavy atom. The van der Waals surface area contributed by atoms with Crippen molar-refractivity contribution in [2.75, 3.05) is 18.5 Å². The highest BCUT2D eigenvalue weighted by atomic mass is 16.5. The Morgan fingerprint density at radius 3 is 2.45 bits per heavy atom. The van der Waals surface area contributed by atoms with Crippen LogP contribution in [0.15, 0.2) is 60.7 Å². The Kier molecular flexibility index (Phi) is 6.00. The molecule has 3 heterocycles. The fourth-order valence-corrected chi connectivity index (χ4v) is 6.23. The monoisotopic (exact) mass is 535 g/mol. The molecule has 40 heavy (non-hydrogen) atoms. The van der Waals surface area contributed by atoms with Crippen LogP contribution in [0, 0.1) is 0 Å². The first-order valence-electron chi connectivity index (χ1n) is 13.7. The van der Waals surface area contributed by atoms with Crippen LogP contribution in [0.25, 0.3) is 16.7 Å². The second-order valence-corrected chi connectivity index (χ2v) is 12.0. The second-order valence-electron chi connectivity index (χ2n) is 12.0. The first-order valence-corrected chi connectivity index (χ1v) is 13.7. The number of allylic oxidation sites excluding steroid dienone is 2. The van der Waals surface area contributed by atoms with Gasteiger partial charge in [0.2, 0.25) is 5.36 Å². The molecule has 0 fully saturated rings. The zero-order chi connectivity index (χ0) is 28.4. The van der Waals surface area contributed by atoms with Gasteiger partial charge in [-0.1, -0.05) is 24.3 Å². The molecule has 0 aromatic heterocycles. The number of aliphatic hydroxyl groups excluding tert-OH is 1. The van der Waals surface area contributed by atoms with Crippen LogP contribution >= 0.6 is 0 Å². The van der Waals surface area contributed by atoms with Crippen LogP contribution in [0.2, 0.25) is 0 Å². The second kappa shape index (κ2) is 9.20. The number of carbonyl (C=O) groups is 1. The van der Waals surface area contributed by atoms with Crippen molar-refractivity contribution >= 4 is 28.4 Å². The van der Waals surface area contributed by atoms with Crippen LogP contribution in [0.1, 0.15) is 74.2 Å². The molecule has 0 radical (unpaired) electrons. The zero-order valence-corrected chi connectivity index (χ0v) is 23.9. The van der Waals surface area contributed by atoms with Gasteiger partial charge in [-0.2, -0.15) is 0 Å². The van der Waals surface area contributed by atoms with Crippen molar-refractivity contribution < 1.29 is 24.4 Å². The highest BCUT2D eigenvalue weighted by Gasteiger charge is 2.31. The minimum absolute atomic E-state index is 0.0588. The molecule has 0 atom stereocenters. The van der Waals surface area contributed by atoms with Crippen LogP contribution in [-0.2, 0) is 4.74 Å². The van der Waals surface area contributed by atoms with E-state index < -0.39 is 5.97 Å². The summed E-state index contributed by atoms with van der Waals surface area (Å²) in [5.74, 6) is 0.974. The van der Waals surface area contributed by atoms with Crippen LogP contribution in [-0.4, -0.2) is 35.4 Å². The van der Waals surface area contributed by atoms with E-state index in [9.17, 15) is 9.90 Å². The maximum atomic E-state index is 13.2. The third-order valence-corrected chi connectivity index (χ3v) is 7.66. The average molecular weight is 536 g/mol. The molecule has 3 aromatic carbocycles. The Labute approximate surface area is 234 Å². The molecule has 0 unspecified atom stereocenters. The molecule has 3 N–H and O–H groups in total. The Bertz CT molecular complexity index is 1780. The number of rotatable bonds is 4. The topological polar surface area (TPSA) is 81.8 Å². The molecular weight excluding hydrogens is 500 g/mol. The smallest absolute Gasteiger partial charge is 0.338 e. The van der Waals surface area contributed by atoms with Crippen molar-refractivity contribution in [3.8, 4) is 11.5 Å². The number of ether oxygens (including phenoxy) is 2. The first-order chi connectivity index (χ1) is 19.0. The Hall–Kier alpha value is -4.16. The van der Waals surface area contributed by atoms with Crippen LogP contribution < -0.4 is 25.6 Å². The average Bonchev–Trinajstić information content (AvgIpc) is 2.87. The summed E-state index contributed by atoms with van der Waals surface area (Å²) in [6, 6.07) is 16.0. The van der Waals surface area contributed by atoms with Crippen LogP contribution in [0.3, 0.4) is 0 Å². The molecule has 0 saturated heterocycles. The Balaban J connectivity index is 1.69. The van der Waals surface area contributed by atoms with Gasteiger partial charge >= 0.3 is 5.97 Å². The van der Waals surface area contributed by atoms with E-state index in [2.05, 4.69) is 88.3 Å². The lowest BCUT2D eigenvalue weighted by atomic mass is 9.84. The van der Waals surface area contributed by atoms with Crippen LogP contribution in [0.4, 0.5) is 5.69 Å². The van der Waals surface area contributed by atoms with E-state index in [1.54, 1.807) is 6.07 Å². The van der Waals surface area contributed by atoms with Crippen molar-refractivity contribution in [1.29, 1.82) is 0 Å². The molecule has 0 bridgehead atoms. The van der Waals surface area contributed by atoms with Gasteiger partial charge in [-0.25, -0.2) is 9.79 Å². The van der Waals surface area contributed by atoms with E-state index in [0.29, 0.717) is 5.56 Å². The lowest BCUT2D eigenvalue weighted by Gasteiger charge is -2.33. The highest BCUT2D eigenvalue weighted by molar-refractivity contribution is 6.00. The maximum Gasteiger partial charge on any atom is 0.338 e. The van der Waals surface area contributed by atoms with Gasteiger partial charge in [-0.3, -0.25) is 0 Å². The van der Waals surface area contributed by atoms with Gasteiger partial charge in [0, 0.05) is 53.1 Å². The predicted octanol–water partition coefficient (Wildman–Crippen LogP) is 3.69. The van der Waals surface area contributed by atoms with Gasteiger partial charge in [-0.05, 0) is 68.7 Å². The lowest BCUT2D eigenvalue weighted by molar-refractivity contribution is -0.568. The number of carbonyl (C=O) groups excluding carboxylic acids is 1. The standard InChI is InChI=1S/C34H34N2O4/c1-19-17-33(3,4)35-27-15-29-25(13-23(19)27)31(21-9-7-8-10-22(21)32(38)39-12-11-37)26-14-24-20(2)18-34(5,6)36-28(24)16-30(26)40-29/h7-10,13-18,35,37H,11-12H2,1-6H3/p+1. The fourth-order valence-electron chi connectivity index (χ4n) is 6.23. The SMILES string of the molecule is CC1=CC(C)(C)Nc2cc3c(cc21)C(c1ccccc1C(=O)OCCO)=c1cc2c(cc1O3)=[NH+]C(C)(C)C=C2C. The molecule has 6 rings (SSSR count). The maximum absolute atomic E-state index is 13.2. The summed E-state index contributed by atoms with van der Waals surface area (Å²) in [5.41, 5.74) is 8.21. The quantitative estimate of drug-likeness (QED) is 0.348. The summed E-state index contributed by atoms with van der Waals surface area (Å²) in [6.45, 7) is 12.6. The highest BCUT2D eigenvalue weighted by Crippen LogP contribution is 2.44. The van der Waals surface area contributed by atoms with Gasteiger partial charge in [0.1, 0.15) is 18.1 Å². The number of aliphatic hydroxyl groups is 1. The summed E-state index contributed by atoms with van der Waals surface area (Å²) in [6.07, 6.45) is 4.47. The molecule has 6 heteroatoms. The molecule has 3 aliphatic rings. The first kappa shape index (κ1) is 26.1. The van der Waals surface area contributed by atoms with E-state index in [4.69, 9.17) is 9.47 Å². The minimum atomic E-state index is -0.471. The number of anilines is 1. The molecular formula is C34H35N2O4+. The third kappa shape index (κ3) is 4.42. The number of fused-ring (bicyclic) bond motifs is 4. The molecule has 0 saturated carbocycles. The van der Waals surface area contributed by atoms with E-state index in [1.165, 1.54) is 11.1 Å². The Morgan fingerprint density at radius 1 is 0.925 bits per heavy atom. The predicted molar refractivity (Wildman–Crippen MR) is 157 cm³/mol. The van der Waals surface area contributed by atoms with E-state index in [1.807, 2.05) is 18.2 Å². The largest absolute Gasteiger partial charge is 0.460 e. The minimum Gasteiger partial charge on any atom is -0.460 e. The molecule has 0 amide bonds. The van der Waals surface area contributed by atoms with Crippen molar-refractivity contribution in [3.63, 3.8) is 0 Å². The molecule has 0 spiro atoms. The van der Waals surface area contributed by atoms with Gasteiger partial charge in [0.05, 0.1) is 23.8 Å². The zero-order valence-electron chi connectivity index (χ0n) is 23.9. The number of hydrogen-bond donors (Lipinski definition) is 3. The molecule has 3 aromatic rings. The fraction of sp³-hybridized carbons (Fsp3) is 0.294. The summed E-state index contributed by atoms with van der Waals surface area (Å²) < 4.78 is 12.0. The number of hydrogen-bond acceptors (Lipinski definition) is 5. The molecule has 6 nitrogen and oxygen atoms in total. The third-order valence-electron chi connectivity index (χ3n) is 7.66. The van der Waals surface area contributed by atoms with Crippen molar-refractivity contribution in [2.45, 2.75) is 52.6 Å². The van der Waals surface area contributed by atoms with E-state index in [0.717, 1.165) is 55.6 Å². The van der Waals surface area contributed by atoms with Crippen molar-refractivity contribution in [1.82, 2.24) is 0 Å². The molecule has 3 aliphatic heterocycles. The van der Waals surface area contributed by atoms with Gasteiger partial charge in [0.25, 0.3) is 0 Å². The van der Waals surface area contributed by atoms with Crippen molar-refractivity contribution in [3.05, 3.63) is 99.1 Å². The summed E-state index contributed by atoms with van der Waals surface area (Å²) in [7, 11) is 0. The van der Waals surface area contributed by atoms with Gasteiger partial charge < -0.3 is 19.9 Å².